The molecular weight excluding hydrogens is 1430 g/mol. The Morgan fingerprint density at radius 3 is 1.11 bits per heavy atom. The number of aliphatic hydroxyl groups excluding tert-OH is 3. The monoisotopic (exact) mass is 1510 g/mol. The first-order valence-corrected chi connectivity index (χ1v) is 35.1. The van der Waals surface area contributed by atoms with Gasteiger partial charge in [-0.3, -0.25) is 14.4 Å². The number of anilines is 6. The Morgan fingerprint density at radius 1 is 0.472 bits per heavy atom. The maximum atomic E-state index is 13.3. The predicted molar refractivity (Wildman–Crippen MR) is 387 cm³/mol. The Morgan fingerprint density at radius 2 is 0.796 bits per heavy atom. The number of rotatable bonds is 14. The topological polar surface area (TPSA) is 273 Å². The van der Waals surface area contributed by atoms with Crippen LogP contribution in [0, 0.1) is 0 Å². The average molecular weight is 1510 g/mol. The molecule has 0 unspecified atom stereocenters. The summed E-state index contributed by atoms with van der Waals surface area (Å²) in [5, 5.41) is 44.7. The minimum atomic E-state index is -4.51. The number of nitrogens with one attached hydrogen (secondary N) is 6. The first-order valence-electron chi connectivity index (χ1n) is 35.1. The highest BCUT2D eigenvalue weighted by molar-refractivity contribution is 6.08. The van der Waals surface area contributed by atoms with Gasteiger partial charge in [0.2, 0.25) is 17.7 Å². The van der Waals surface area contributed by atoms with Gasteiger partial charge < -0.3 is 76.1 Å². The fraction of sp³-hybridized carbons (Fsp3) is 0.385. The third-order valence-electron chi connectivity index (χ3n) is 20.2. The molecule has 30 heteroatoms. The molecule has 1 saturated carbocycles. The van der Waals surface area contributed by atoms with Crippen molar-refractivity contribution >= 4 is 86.7 Å². The summed E-state index contributed by atoms with van der Waals surface area (Å²) < 4.78 is 137. The summed E-state index contributed by atoms with van der Waals surface area (Å²) in [5.74, 6) is -0.990. The average Bonchev–Trinajstić information content (AvgIpc) is 0.761. The van der Waals surface area contributed by atoms with Gasteiger partial charge in [0.25, 0.3) is 0 Å². The number of amides is 9. The van der Waals surface area contributed by atoms with Crippen LogP contribution in [0.5, 0.6) is 17.2 Å². The van der Waals surface area contributed by atoms with Crippen LogP contribution in [0.1, 0.15) is 150 Å². The molecule has 6 aromatic rings. The molecule has 108 heavy (non-hydrogen) atoms. The number of hydrogen-bond donors (Lipinski definition) is 9. The zero-order valence-electron chi connectivity index (χ0n) is 60.0. The van der Waals surface area contributed by atoms with Crippen LogP contribution in [-0.4, -0.2) is 121 Å². The molecule has 6 heterocycles. The number of nitrogens with zero attached hydrogens (tertiary/aromatic N) is 3. The van der Waals surface area contributed by atoms with Crippen LogP contribution in [-0.2, 0) is 52.5 Å². The fourth-order valence-corrected chi connectivity index (χ4v) is 13.8. The molecule has 0 saturated heterocycles. The zero-order valence-corrected chi connectivity index (χ0v) is 60.0. The van der Waals surface area contributed by atoms with E-state index in [0.29, 0.717) is 119 Å². The van der Waals surface area contributed by atoms with E-state index in [1.54, 1.807) is 89.2 Å². The number of alkyl halides is 9. The van der Waals surface area contributed by atoms with Crippen LogP contribution in [0.2, 0.25) is 0 Å². The second-order valence-electron chi connectivity index (χ2n) is 28.5. The third kappa shape index (κ3) is 17.7. The largest absolute Gasteiger partial charge is 0.487 e. The molecule has 13 rings (SSSR count). The molecule has 0 bridgehead atoms. The Labute approximate surface area is 616 Å². The summed E-state index contributed by atoms with van der Waals surface area (Å²) in [6.07, 6.45) is -4.68. The summed E-state index contributed by atoms with van der Waals surface area (Å²) in [6, 6.07) is 23.3. The summed E-state index contributed by atoms with van der Waals surface area (Å²) in [7, 11) is 0. The lowest BCUT2D eigenvalue weighted by Gasteiger charge is -2.46. The van der Waals surface area contributed by atoms with Crippen LogP contribution in [0.25, 0.3) is 16.7 Å². The lowest BCUT2D eigenvalue weighted by Crippen LogP contribution is -2.45. The molecule has 3 atom stereocenters. The Balaban J connectivity index is 0.000000161. The van der Waals surface area contributed by atoms with Crippen molar-refractivity contribution in [3.63, 3.8) is 0 Å². The van der Waals surface area contributed by atoms with E-state index in [0.717, 1.165) is 72.4 Å². The minimum absolute atomic E-state index is 0.0771. The van der Waals surface area contributed by atoms with Crippen molar-refractivity contribution in [3.05, 3.63) is 177 Å². The SMILES string of the molecule is CCC1(CC)C/C(=C\C(=O)Nc2ccc3c(c2)NC(=O)N([C@H](C)CO)C3)c2ccc(C(F)(F)F)cc2O1.C[C@H](CO)N1Cc2ccc(NC(=O)/C=C3\CC(C)(C)Oc4cc(C(F)(F)F)ccc43)cc2NC1=O.C[C@H](CO)N1Cc2ccc(NC(=O)/C=C3\CC4(CCC4)Oc4cc(C(F)(F)F)ccc43)cc2NC1=O. The second-order valence-corrected chi connectivity index (χ2v) is 28.5. The van der Waals surface area contributed by atoms with Gasteiger partial charge in [-0.05, 0) is 173 Å². The Kier molecular flexibility index (Phi) is 22.5. The number of benzene rings is 6. The summed E-state index contributed by atoms with van der Waals surface area (Å²) in [5.41, 5.74) is 4.24. The highest BCUT2D eigenvalue weighted by atomic mass is 19.4. The lowest BCUT2D eigenvalue weighted by atomic mass is 9.72. The predicted octanol–water partition coefficient (Wildman–Crippen LogP) is 16.0. The summed E-state index contributed by atoms with van der Waals surface area (Å²) >= 11 is 0. The van der Waals surface area contributed by atoms with Gasteiger partial charge in [0.05, 0.1) is 54.6 Å². The number of hydrogen-bond acceptors (Lipinski definition) is 12. The van der Waals surface area contributed by atoms with E-state index >= 15 is 0 Å². The summed E-state index contributed by atoms with van der Waals surface area (Å²) in [4.78, 5) is 80.4. The van der Waals surface area contributed by atoms with Gasteiger partial charge in [-0.15, -0.1) is 0 Å². The van der Waals surface area contributed by atoms with Crippen LogP contribution in [0.4, 0.5) is 88.0 Å². The maximum Gasteiger partial charge on any atom is 0.416 e. The van der Waals surface area contributed by atoms with E-state index in [1.807, 2.05) is 13.8 Å². The molecule has 574 valence electrons. The smallest absolute Gasteiger partial charge is 0.416 e. The van der Waals surface area contributed by atoms with Gasteiger partial charge in [0, 0.05) is 108 Å². The molecule has 6 aromatic carbocycles. The molecule has 6 aliphatic heterocycles. The number of carbonyl (C=O) groups excluding carboxylic acids is 6. The zero-order chi connectivity index (χ0) is 78.2. The van der Waals surface area contributed by atoms with Crippen molar-refractivity contribution in [3.8, 4) is 17.2 Å². The molecular formula is C78H82F9N9O12. The molecule has 1 fully saturated rings. The molecule has 1 aliphatic carbocycles. The molecule has 0 aromatic heterocycles. The molecule has 1 spiro atoms. The minimum Gasteiger partial charge on any atom is -0.487 e. The highest BCUT2D eigenvalue weighted by Crippen LogP contribution is 2.52. The number of carbonyl (C=O) groups is 6. The van der Waals surface area contributed by atoms with Crippen LogP contribution >= 0.6 is 0 Å². The lowest BCUT2D eigenvalue weighted by molar-refractivity contribution is -0.138. The van der Waals surface area contributed by atoms with E-state index in [2.05, 4.69) is 31.9 Å². The van der Waals surface area contributed by atoms with Gasteiger partial charge in [-0.25, -0.2) is 14.4 Å². The van der Waals surface area contributed by atoms with Gasteiger partial charge in [0.15, 0.2) is 0 Å². The molecule has 9 amide bonds. The van der Waals surface area contributed by atoms with Crippen molar-refractivity contribution in [1.29, 1.82) is 0 Å². The standard InChI is InChI=1S/C27H30F3N3O4.C26H26F3N3O4.C25H26F3N3O4/c1-4-26(5-2)13-18(21-9-7-19(27(28,29)30)11-23(21)37-26)10-24(35)31-20-8-6-17-14-33(16(3)15-34)25(36)32-22(17)12-20;1-15(14-33)32-13-16-3-5-19(11-21(16)31-24(32)35)30-23(34)9-17-12-25(7-2-8-25)36-22-10-18(26(27,28)29)4-6-20(17)22;1-14(13-32)31-12-15-4-6-18(10-20(15)30-23(31)34)29-22(33)8-16-11-24(2,3)35-21-9-17(25(26,27)28)5-7-19(16)21/h6-12,16,34H,4-5,13-15H2,1-3H3,(H,31,35)(H,32,36);3-6,9-11,15,33H,2,7-8,12-14H2,1H3,(H,30,34)(H,31,35);4-10,14,32H,11-13H2,1-3H3,(H,29,33)(H,30,34)/b18-10+;17-9+;16-8+/t16-;15-;14-/m111/s1. The summed E-state index contributed by atoms with van der Waals surface area (Å²) in [6.45, 7) is 13.1. The van der Waals surface area contributed by atoms with Crippen molar-refractivity contribution < 1.29 is 97.8 Å². The van der Waals surface area contributed by atoms with Gasteiger partial charge >= 0.3 is 36.6 Å². The molecule has 7 aliphatic rings. The first kappa shape index (κ1) is 78.5. The van der Waals surface area contributed by atoms with Crippen LogP contribution in [0.15, 0.2) is 127 Å². The third-order valence-corrected chi connectivity index (χ3v) is 20.2. The molecule has 0 radical (unpaired) electrons. The van der Waals surface area contributed by atoms with Crippen molar-refractivity contribution in [2.45, 2.75) is 173 Å². The number of halogens is 9. The van der Waals surface area contributed by atoms with E-state index in [4.69, 9.17) is 14.2 Å². The van der Waals surface area contributed by atoms with Gasteiger partial charge in [-0.2, -0.15) is 39.5 Å². The maximum absolute atomic E-state index is 13.3. The quantitative estimate of drug-likeness (QED) is 0.0364. The number of urea groups is 3. The van der Waals surface area contributed by atoms with Gasteiger partial charge in [0.1, 0.15) is 34.1 Å². The fourth-order valence-electron chi connectivity index (χ4n) is 13.8. The highest BCUT2D eigenvalue weighted by Gasteiger charge is 2.46. The van der Waals surface area contributed by atoms with E-state index in [1.165, 1.54) is 51.1 Å². The van der Waals surface area contributed by atoms with Crippen molar-refractivity contribution in [1.82, 2.24) is 14.7 Å². The molecule has 21 nitrogen and oxygen atoms in total. The molecule has 9 N–H and O–H groups in total. The first-order chi connectivity index (χ1) is 50.9. The number of fused-ring (bicyclic) bond motifs is 6. The van der Waals surface area contributed by atoms with E-state index in [-0.39, 0.29) is 73.3 Å². The number of ether oxygens (including phenoxy) is 3. The van der Waals surface area contributed by atoms with Gasteiger partial charge in [-0.1, -0.05) is 50.2 Å². The second kappa shape index (κ2) is 30.9. The van der Waals surface area contributed by atoms with Crippen molar-refractivity contribution in [2.75, 3.05) is 51.7 Å². The van der Waals surface area contributed by atoms with E-state index in [9.17, 15) is 83.6 Å². The van der Waals surface area contributed by atoms with Crippen LogP contribution < -0.4 is 46.1 Å². The van der Waals surface area contributed by atoms with E-state index < -0.39 is 69.7 Å². The Bertz CT molecular complexity index is 4600. The number of aliphatic hydroxyl groups is 3. The normalized spacial score (nSPS) is 19.1. The Hall–Kier alpha value is -10.6. The van der Waals surface area contributed by atoms with Crippen LogP contribution in [0.3, 0.4) is 0 Å². The van der Waals surface area contributed by atoms with Crippen molar-refractivity contribution in [2.24, 2.45) is 0 Å².